The van der Waals surface area contributed by atoms with Crippen molar-refractivity contribution in [2.75, 3.05) is 0 Å². The first-order valence-electron chi connectivity index (χ1n) is 5.01. The number of hydrogen-bond donors (Lipinski definition) is 1. The fraction of sp³-hybridized carbons (Fsp3) is 0.100. The Hall–Kier alpha value is -2.84. The van der Waals surface area contributed by atoms with Gasteiger partial charge in [-0.05, 0) is 13.0 Å². The Balaban J connectivity index is 2.51. The summed E-state index contributed by atoms with van der Waals surface area (Å²) >= 11 is 0. The quantitative estimate of drug-likeness (QED) is 0.662. The van der Waals surface area contributed by atoms with E-state index in [1.165, 1.54) is 13.0 Å². The number of carboxylic acid groups (broad SMARTS) is 1. The fourth-order valence-electron chi connectivity index (χ4n) is 1.55. The van der Waals surface area contributed by atoms with Gasteiger partial charge < -0.3 is 5.11 Å². The van der Waals surface area contributed by atoms with Crippen LogP contribution in [0.25, 0.3) is 5.69 Å². The predicted octanol–water partition coefficient (Wildman–Crippen LogP) is 1.32. The maximum atomic E-state index is 13.5. The molecule has 2 aromatic rings. The molecule has 0 atom stereocenters. The normalized spacial score (nSPS) is 10.4. The second-order valence-electron chi connectivity index (χ2n) is 3.63. The van der Waals surface area contributed by atoms with E-state index in [2.05, 4.69) is 10.3 Å². The molecular weight excluding hydrogens is 259 g/mol. The number of carboxylic acids is 1. The molecule has 0 amide bonds. The molecule has 1 aromatic heterocycles. The first-order chi connectivity index (χ1) is 8.91. The lowest BCUT2D eigenvalue weighted by molar-refractivity contribution is -0.387. The molecule has 0 aliphatic heterocycles. The Kier molecular flexibility index (Phi) is 2.95. The number of nitrogens with zero attached hydrogens (tertiary/aromatic N) is 4. The first kappa shape index (κ1) is 12.6. The zero-order chi connectivity index (χ0) is 14.2. The van der Waals surface area contributed by atoms with Gasteiger partial charge in [0.2, 0.25) is 5.82 Å². The highest BCUT2D eigenvalue weighted by molar-refractivity contribution is 5.86. The molecule has 0 aliphatic carbocycles. The zero-order valence-corrected chi connectivity index (χ0v) is 9.57. The van der Waals surface area contributed by atoms with Crippen LogP contribution in [0, 0.1) is 22.9 Å². The van der Waals surface area contributed by atoms with Crippen LogP contribution < -0.4 is 0 Å². The second kappa shape index (κ2) is 4.44. The van der Waals surface area contributed by atoms with Crippen LogP contribution >= 0.6 is 0 Å². The van der Waals surface area contributed by atoms with Crippen molar-refractivity contribution in [3.05, 3.63) is 45.5 Å². The maximum absolute atomic E-state index is 13.5. The molecule has 0 fully saturated rings. The molecule has 8 nitrogen and oxygen atoms in total. The summed E-state index contributed by atoms with van der Waals surface area (Å²) in [5, 5.41) is 26.3. The number of nitro groups is 1. The molecular formula is C10H7FN4O4. The van der Waals surface area contributed by atoms with Gasteiger partial charge in [-0.1, -0.05) is 5.21 Å². The van der Waals surface area contributed by atoms with Crippen LogP contribution in [0.3, 0.4) is 0 Å². The van der Waals surface area contributed by atoms with Gasteiger partial charge in [-0.15, -0.1) is 5.10 Å². The number of nitro benzene ring substituents is 1. The predicted molar refractivity (Wildman–Crippen MR) is 59.7 cm³/mol. The van der Waals surface area contributed by atoms with Gasteiger partial charge >= 0.3 is 11.7 Å². The monoisotopic (exact) mass is 266 g/mol. The van der Waals surface area contributed by atoms with Crippen molar-refractivity contribution in [2.24, 2.45) is 0 Å². The van der Waals surface area contributed by atoms with E-state index in [1.54, 1.807) is 0 Å². The van der Waals surface area contributed by atoms with Crippen molar-refractivity contribution in [3.8, 4) is 5.69 Å². The third-order valence-corrected chi connectivity index (χ3v) is 2.47. The van der Waals surface area contributed by atoms with Crippen molar-refractivity contribution < 1.29 is 19.2 Å². The molecule has 0 saturated carbocycles. The van der Waals surface area contributed by atoms with Crippen LogP contribution in [-0.2, 0) is 0 Å². The van der Waals surface area contributed by atoms with E-state index in [1.807, 2.05) is 0 Å². The van der Waals surface area contributed by atoms with E-state index in [0.717, 1.165) is 16.8 Å². The van der Waals surface area contributed by atoms with Gasteiger partial charge in [-0.3, -0.25) is 10.1 Å². The summed E-state index contributed by atoms with van der Waals surface area (Å²) in [6, 6.07) is 3.13. The largest absolute Gasteiger partial charge is 0.476 e. The molecule has 1 heterocycles. The summed E-state index contributed by atoms with van der Waals surface area (Å²) in [5.74, 6) is -2.29. The number of carbonyl (C=O) groups is 1. The number of aromatic nitrogens is 3. The van der Waals surface area contributed by atoms with Crippen LogP contribution in [0.2, 0.25) is 0 Å². The van der Waals surface area contributed by atoms with Gasteiger partial charge in [0.1, 0.15) is 0 Å². The molecule has 0 spiro atoms. The Morgan fingerprint density at radius 1 is 1.53 bits per heavy atom. The summed E-state index contributed by atoms with van der Waals surface area (Å²) in [7, 11) is 0. The second-order valence-corrected chi connectivity index (χ2v) is 3.63. The smallest absolute Gasteiger partial charge is 0.358 e. The van der Waals surface area contributed by atoms with Gasteiger partial charge in [0.25, 0.3) is 0 Å². The van der Waals surface area contributed by atoms with Crippen molar-refractivity contribution in [3.63, 3.8) is 0 Å². The average Bonchev–Trinajstić information content (AvgIpc) is 2.70. The van der Waals surface area contributed by atoms with Crippen molar-refractivity contribution in [1.29, 1.82) is 0 Å². The van der Waals surface area contributed by atoms with Crippen molar-refractivity contribution in [2.45, 2.75) is 6.92 Å². The topological polar surface area (TPSA) is 111 Å². The zero-order valence-electron chi connectivity index (χ0n) is 9.57. The third kappa shape index (κ3) is 2.12. The SMILES string of the molecule is Cc1c(C(=O)O)nnn1-c1ccc([N+](=O)[O-])c(F)c1. The average molecular weight is 266 g/mol. The molecule has 1 N–H and O–H groups in total. The lowest BCUT2D eigenvalue weighted by Crippen LogP contribution is -2.03. The number of halogens is 1. The van der Waals surface area contributed by atoms with E-state index >= 15 is 0 Å². The van der Waals surface area contributed by atoms with Crippen molar-refractivity contribution >= 4 is 11.7 Å². The number of rotatable bonds is 3. The lowest BCUT2D eigenvalue weighted by atomic mass is 10.2. The highest BCUT2D eigenvalue weighted by atomic mass is 19.1. The van der Waals surface area contributed by atoms with Crippen LogP contribution in [0.1, 0.15) is 16.2 Å². The van der Waals surface area contributed by atoms with Gasteiger partial charge in [0, 0.05) is 12.1 Å². The van der Waals surface area contributed by atoms with Crippen LogP contribution in [0.5, 0.6) is 0 Å². The summed E-state index contributed by atoms with van der Waals surface area (Å²) in [6.07, 6.45) is 0. The molecule has 0 saturated heterocycles. The van der Waals surface area contributed by atoms with Crippen LogP contribution in [0.4, 0.5) is 10.1 Å². The van der Waals surface area contributed by atoms with Gasteiger partial charge in [-0.2, -0.15) is 4.39 Å². The Labute approximate surface area is 105 Å². The maximum Gasteiger partial charge on any atom is 0.358 e. The summed E-state index contributed by atoms with van der Waals surface area (Å²) in [4.78, 5) is 20.4. The van der Waals surface area contributed by atoms with Gasteiger partial charge in [-0.25, -0.2) is 9.48 Å². The van der Waals surface area contributed by atoms with Gasteiger partial charge in [0.15, 0.2) is 5.69 Å². The summed E-state index contributed by atoms with van der Waals surface area (Å²) in [6.45, 7) is 1.45. The Morgan fingerprint density at radius 3 is 2.68 bits per heavy atom. The minimum absolute atomic E-state index is 0.153. The third-order valence-electron chi connectivity index (χ3n) is 2.47. The molecule has 98 valence electrons. The highest BCUT2D eigenvalue weighted by Crippen LogP contribution is 2.21. The van der Waals surface area contributed by atoms with Gasteiger partial charge in [0.05, 0.1) is 16.3 Å². The molecule has 2 rings (SSSR count). The summed E-state index contributed by atoms with van der Waals surface area (Å²) in [5.41, 5.74) is -0.583. The summed E-state index contributed by atoms with van der Waals surface area (Å²) < 4.78 is 14.6. The molecule has 0 radical (unpaired) electrons. The van der Waals surface area contributed by atoms with E-state index < -0.39 is 22.4 Å². The number of aromatic carboxylic acids is 1. The lowest BCUT2D eigenvalue weighted by Gasteiger charge is -2.03. The molecule has 0 aliphatic rings. The molecule has 1 aromatic carbocycles. The standard InChI is InChI=1S/C10H7FN4O4/c1-5-9(10(16)17)12-13-14(5)6-2-3-8(15(18)19)7(11)4-6/h2-4H,1H3,(H,16,17). The minimum atomic E-state index is -1.26. The fourth-order valence-corrected chi connectivity index (χ4v) is 1.55. The van der Waals surface area contributed by atoms with Crippen LogP contribution in [0.15, 0.2) is 18.2 Å². The Morgan fingerprint density at radius 2 is 2.21 bits per heavy atom. The molecule has 19 heavy (non-hydrogen) atoms. The minimum Gasteiger partial charge on any atom is -0.476 e. The first-order valence-corrected chi connectivity index (χ1v) is 5.01. The van der Waals surface area contributed by atoms with E-state index in [-0.39, 0.29) is 17.1 Å². The van der Waals surface area contributed by atoms with Crippen molar-refractivity contribution in [1.82, 2.24) is 15.0 Å². The number of hydrogen-bond acceptors (Lipinski definition) is 5. The van der Waals surface area contributed by atoms with E-state index in [4.69, 9.17) is 5.11 Å². The highest BCUT2D eigenvalue weighted by Gasteiger charge is 2.19. The molecule has 0 unspecified atom stereocenters. The molecule has 9 heteroatoms. The van der Waals surface area contributed by atoms with E-state index in [0.29, 0.717) is 0 Å². The Bertz CT molecular complexity index is 682. The van der Waals surface area contributed by atoms with Crippen LogP contribution in [-0.4, -0.2) is 31.0 Å². The van der Waals surface area contributed by atoms with E-state index in [9.17, 15) is 19.3 Å². The number of benzene rings is 1. The molecule has 0 bridgehead atoms.